The van der Waals surface area contributed by atoms with Gasteiger partial charge < -0.3 is 4.90 Å². The third-order valence-electron chi connectivity index (χ3n) is 8.05. The van der Waals surface area contributed by atoms with Crippen molar-refractivity contribution in [3.05, 3.63) is 164 Å². The normalized spacial score (nSPS) is 11.3. The first-order valence-corrected chi connectivity index (χ1v) is 15.1. The van der Waals surface area contributed by atoms with Crippen LogP contribution in [0.3, 0.4) is 0 Å². The van der Waals surface area contributed by atoms with Gasteiger partial charge in [-0.15, -0.1) is 11.3 Å². The molecule has 2 heteroatoms. The topological polar surface area (TPSA) is 3.24 Å². The molecule has 1 heterocycles. The molecule has 8 rings (SSSR count). The number of rotatable bonds is 5. The van der Waals surface area contributed by atoms with Crippen LogP contribution >= 0.6 is 11.3 Å². The molecule has 0 amide bonds. The molecule has 198 valence electrons. The number of fused-ring (bicyclic) bond motifs is 5. The molecular formula is C40H27NS. The van der Waals surface area contributed by atoms with Crippen molar-refractivity contribution in [2.45, 2.75) is 0 Å². The number of para-hydroxylation sites is 1. The standard InChI is InChI=1S/C40H27NS/c1-3-10-28(11-4-1)31-13-9-14-32(26-31)29-18-21-34(22-19-29)41(33-15-5-2-6-16-33)35-23-25-39-38(27-35)37-24-20-30-12-7-8-17-36(30)40(37)42-39/h1-27H. The molecule has 0 aliphatic heterocycles. The van der Waals surface area contributed by atoms with E-state index in [-0.39, 0.29) is 0 Å². The second-order valence-corrected chi connectivity index (χ2v) is 11.7. The maximum absolute atomic E-state index is 2.36. The van der Waals surface area contributed by atoms with Crippen molar-refractivity contribution in [1.82, 2.24) is 0 Å². The number of benzene rings is 7. The molecule has 7 aromatic carbocycles. The number of nitrogens with zero attached hydrogens (tertiary/aromatic N) is 1. The molecule has 0 aliphatic rings. The van der Waals surface area contributed by atoms with Gasteiger partial charge in [-0.25, -0.2) is 0 Å². The second-order valence-electron chi connectivity index (χ2n) is 10.6. The van der Waals surface area contributed by atoms with Crippen LogP contribution in [0, 0.1) is 0 Å². The van der Waals surface area contributed by atoms with E-state index in [1.807, 2.05) is 11.3 Å². The van der Waals surface area contributed by atoms with Crippen LogP contribution in [0.25, 0.3) is 53.2 Å². The second kappa shape index (κ2) is 10.3. The monoisotopic (exact) mass is 553 g/mol. The Hall–Kier alpha value is -5.18. The number of hydrogen-bond donors (Lipinski definition) is 0. The lowest BCUT2D eigenvalue weighted by molar-refractivity contribution is 1.29. The van der Waals surface area contributed by atoms with E-state index in [2.05, 4.69) is 169 Å². The minimum atomic E-state index is 1.13. The van der Waals surface area contributed by atoms with Crippen LogP contribution in [0.4, 0.5) is 17.1 Å². The summed E-state index contributed by atoms with van der Waals surface area (Å²) in [6.45, 7) is 0. The Bertz CT molecular complexity index is 2180. The predicted molar refractivity (Wildman–Crippen MR) is 182 cm³/mol. The number of anilines is 3. The molecular weight excluding hydrogens is 527 g/mol. The van der Waals surface area contributed by atoms with E-state index < -0.39 is 0 Å². The maximum atomic E-state index is 2.36. The van der Waals surface area contributed by atoms with Gasteiger partial charge >= 0.3 is 0 Å². The zero-order chi connectivity index (χ0) is 27.9. The van der Waals surface area contributed by atoms with Crippen LogP contribution in [-0.2, 0) is 0 Å². The van der Waals surface area contributed by atoms with Crippen LogP contribution < -0.4 is 4.90 Å². The average Bonchev–Trinajstić information content (AvgIpc) is 3.45. The molecule has 0 fully saturated rings. The summed E-state index contributed by atoms with van der Waals surface area (Å²) in [6, 6.07) is 59.1. The first-order valence-electron chi connectivity index (χ1n) is 14.3. The summed E-state index contributed by atoms with van der Waals surface area (Å²) in [4.78, 5) is 2.36. The summed E-state index contributed by atoms with van der Waals surface area (Å²) in [5, 5.41) is 5.23. The first-order chi connectivity index (χ1) is 20.8. The summed E-state index contributed by atoms with van der Waals surface area (Å²) in [7, 11) is 0. The fraction of sp³-hybridized carbons (Fsp3) is 0. The molecule has 0 radical (unpaired) electrons. The molecule has 0 unspecified atom stereocenters. The van der Waals surface area contributed by atoms with Crippen LogP contribution in [0.15, 0.2) is 164 Å². The van der Waals surface area contributed by atoms with E-state index >= 15 is 0 Å². The molecule has 0 saturated carbocycles. The Kier molecular flexibility index (Phi) is 6.05. The Morgan fingerprint density at radius 1 is 0.357 bits per heavy atom. The zero-order valence-corrected chi connectivity index (χ0v) is 23.8. The van der Waals surface area contributed by atoms with Crippen LogP contribution in [-0.4, -0.2) is 0 Å². The fourth-order valence-electron chi connectivity index (χ4n) is 5.97. The lowest BCUT2D eigenvalue weighted by Crippen LogP contribution is -2.09. The highest BCUT2D eigenvalue weighted by Crippen LogP contribution is 2.42. The third-order valence-corrected chi connectivity index (χ3v) is 9.27. The van der Waals surface area contributed by atoms with Crippen molar-refractivity contribution in [2.24, 2.45) is 0 Å². The lowest BCUT2D eigenvalue weighted by atomic mass is 9.99. The van der Waals surface area contributed by atoms with Gasteiger partial charge in [0.15, 0.2) is 0 Å². The van der Waals surface area contributed by atoms with Gasteiger partial charge in [0.05, 0.1) is 0 Å². The van der Waals surface area contributed by atoms with Crippen molar-refractivity contribution in [3.63, 3.8) is 0 Å². The van der Waals surface area contributed by atoms with Gasteiger partial charge in [-0.05, 0) is 81.6 Å². The minimum absolute atomic E-state index is 1.13. The van der Waals surface area contributed by atoms with Crippen molar-refractivity contribution < 1.29 is 0 Å². The highest BCUT2D eigenvalue weighted by molar-refractivity contribution is 7.26. The summed E-state index contributed by atoms with van der Waals surface area (Å²) in [5.74, 6) is 0. The lowest BCUT2D eigenvalue weighted by Gasteiger charge is -2.26. The summed E-state index contributed by atoms with van der Waals surface area (Å²) >= 11 is 1.88. The molecule has 0 saturated heterocycles. The molecule has 0 aliphatic carbocycles. The van der Waals surface area contributed by atoms with E-state index in [0.717, 1.165) is 17.1 Å². The quantitative estimate of drug-likeness (QED) is 0.205. The Morgan fingerprint density at radius 2 is 0.976 bits per heavy atom. The smallest absolute Gasteiger partial charge is 0.0468 e. The molecule has 8 aromatic rings. The number of thiophene rings is 1. The van der Waals surface area contributed by atoms with E-state index in [1.54, 1.807) is 0 Å². The summed E-state index contributed by atoms with van der Waals surface area (Å²) in [5.41, 5.74) is 8.31. The summed E-state index contributed by atoms with van der Waals surface area (Å²) < 4.78 is 2.67. The first kappa shape index (κ1) is 24.6. The molecule has 0 bridgehead atoms. The van der Waals surface area contributed by atoms with E-state index in [1.165, 1.54) is 53.2 Å². The van der Waals surface area contributed by atoms with E-state index in [0.29, 0.717) is 0 Å². The SMILES string of the molecule is c1ccc(-c2cccc(-c3ccc(N(c4ccccc4)c4ccc5sc6c7ccccc7ccc6c5c4)cc3)c2)cc1. The van der Waals surface area contributed by atoms with Crippen molar-refractivity contribution in [3.8, 4) is 22.3 Å². The van der Waals surface area contributed by atoms with Crippen LogP contribution in [0.5, 0.6) is 0 Å². The van der Waals surface area contributed by atoms with Gasteiger partial charge in [-0.2, -0.15) is 0 Å². The maximum Gasteiger partial charge on any atom is 0.0468 e. The zero-order valence-electron chi connectivity index (χ0n) is 22.9. The summed E-state index contributed by atoms with van der Waals surface area (Å²) in [6.07, 6.45) is 0. The predicted octanol–water partition coefficient (Wildman–Crippen LogP) is 12.0. The van der Waals surface area contributed by atoms with Gasteiger partial charge in [0.2, 0.25) is 0 Å². The van der Waals surface area contributed by atoms with Gasteiger partial charge in [0, 0.05) is 37.2 Å². The van der Waals surface area contributed by atoms with Crippen LogP contribution in [0.1, 0.15) is 0 Å². The highest BCUT2D eigenvalue weighted by Gasteiger charge is 2.16. The van der Waals surface area contributed by atoms with Crippen molar-refractivity contribution in [1.29, 1.82) is 0 Å². The Morgan fingerprint density at radius 3 is 1.76 bits per heavy atom. The van der Waals surface area contributed by atoms with Gasteiger partial charge in [-0.3, -0.25) is 0 Å². The largest absolute Gasteiger partial charge is 0.310 e. The Labute approximate surface area is 249 Å². The third kappa shape index (κ3) is 4.34. The van der Waals surface area contributed by atoms with Gasteiger partial charge in [0.25, 0.3) is 0 Å². The molecule has 0 spiro atoms. The molecule has 0 N–H and O–H groups in total. The van der Waals surface area contributed by atoms with Crippen molar-refractivity contribution in [2.75, 3.05) is 4.90 Å². The highest BCUT2D eigenvalue weighted by atomic mass is 32.1. The van der Waals surface area contributed by atoms with Crippen molar-refractivity contribution >= 4 is 59.3 Å². The Balaban J connectivity index is 1.22. The minimum Gasteiger partial charge on any atom is -0.310 e. The molecule has 1 nitrogen and oxygen atoms in total. The van der Waals surface area contributed by atoms with Gasteiger partial charge in [0.1, 0.15) is 0 Å². The van der Waals surface area contributed by atoms with E-state index in [4.69, 9.17) is 0 Å². The number of hydrogen-bond acceptors (Lipinski definition) is 2. The molecule has 42 heavy (non-hydrogen) atoms. The van der Waals surface area contributed by atoms with Gasteiger partial charge in [-0.1, -0.05) is 115 Å². The molecule has 0 atom stereocenters. The average molecular weight is 554 g/mol. The van der Waals surface area contributed by atoms with E-state index in [9.17, 15) is 0 Å². The van der Waals surface area contributed by atoms with Crippen LogP contribution in [0.2, 0.25) is 0 Å². The fourth-order valence-corrected chi connectivity index (χ4v) is 7.19. The molecule has 1 aromatic heterocycles.